The molecule has 1 saturated carbocycles. The first-order chi connectivity index (χ1) is 16.7. The van der Waals surface area contributed by atoms with Crippen molar-refractivity contribution in [1.82, 2.24) is 0 Å². The lowest BCUT2D eigenvalue weighted by Crippen LogP contribution is -2.31. The Bertz CT molecular complexity index is 1190. The summed E-state index contributed by atoms with van der Waals surface area (Å²) in [5, 5.41) is 0. The molecule has 2 heterocycles. The number of esters is 1. The number of imide groups is 1. The maximum atomic E-state index is 12.9. The molecule has 0 aromatic heterocycles. The van der Waals surface area contributed by atoms with E-state index in [9.17, 15) is 19.2 Å². The summed E-state index contributed by atoms with van der Waals surface area (Å²) in [7, 11) is 0. The number of benzene rings is 2. The minimum Gasteiger partial charge on any atom is -0.426 e. The van der Waals surface area contributed by atoms with Crippen molar-refractivity contribution in [3.63, 3.8) is 0 Å². The van der Waals surface area contributed by atoms with Gasteiger partial charge in [-0.1, -0.05) is 18.9 Å². The molecule has 5 rings (SSSR count). The number of anilines is 2. The van der Waals surface area contributed by atoms with E-state index in [-0.39, 0.29) is 42.5 Å². The summed E-state index contributed by atoms with van der Waals surface area (Å²) < 4.78 is 5.62. The number of hydrogen-bond acceptors (Lipinski definition) is 5. The van der Waals surface area contributed by atoms with Crippen molar-refractivity contribution in [2.24, 2.45) is 17.8 Å². The fourth-order valence-corrected chi connectivity index (χ4v) is 5.76. The molecule has 1 aliphatic carbocycles. The van der Waals surface area contributed by atoms with Crippen molar-refractivity contribution in [3.05, 3.63) is 53.1 Å². The van der Waals surface area contributed by atoms with Gasteiger partial charge in [-0.2, -0.15) is 0 Å². The Kier molecular flexibility index (Phi) is 5.95. The minimum atomic E-state index is -0.562. The normalized spacial score (nSPS) is 24.2. The van der Waals surface area contributed by atoms with Crippen LogP contribution in [0.1, 0.15) is 48.8 Å². The predicted octanol–water partition coefficient (Wildman–Crippen LogP) is 4.25. The zero-order valence-electron chi connectivity index (χ0n) is 20.4. The first kappa shape index (κ1) is 23.3. The zero-order valence-corrected chi connectivity index (χ0v) is 20.4. The van der Waals surface area contributed by atoms with Gasteiger partial charge in [0.2, 0.25) is 17.7 Å². The van der Waals surface area contributed by atoms with Crippen molar-refractivity contribution in [2.75, 3.05) is 16.3 Å². The largest absolute Gasteiger partial charge is 0.426 e. The molecule has 2 saturated heterocycles. The lowest BCUT2D eigenvalue weighted by atomic mass is 9.81. The third-order valence-corrected chi connectivity index (χ3v) is 7.45. The second kappa shape index (κ2) is 8.95. The molecule has 3 fully saturated rings. The van der Waals surface area contributed by atoms with Crippen LogP contribution in [0.15, 0.2) is 36.4 Å². The SMILES string of the molecule is Cc1cc(C)cc(N2C[C@@H](C(=O)Oc3ccc(N4C(=O)[C@H]5CCCC[C@H]5C4=O)c(C)c3)CC2=O)c1. The Morgan fingerprint density at radius 2 is 1.51 bits per heavy atom. The van der Waals surface area contributed by atoms with Gasteiger partial charge in [-0.15, -0.1) is 0 Å². The number of hydrogen-bond donors (Lipinski definition) is 0. The van der Waals surface area contributed by atoms with Crippen LogP contribution in [0.4, 0.5) is 11.4 Å². The van der Waals surface area contributed by atoms with E-state index in [0.29, 0.717) is 17.0 Å². The van der Waals surface area contributed by atoms with Crippen molar-refractivity contribution < 1.29 is 23.9 Å². The molecule has 35 heavy (non-hydrogen) atoms. The number of carbonyl (C=O) groups is 4. The standard InChI is InChI=1S/C28H30N2O5/c1-16-10-17(2)12-20(11-16)29-15-19(14-25(29)31)28(34)35-21-8-9-24(18(3)13-21)30-26(32)22-6-4-5-7-23(22)27(30)33/h8-13,19,22-23H,4-7,14-15H2,1-3H3/t19-,22-,23+/m0/s1. The summed E-state index contributed by atoms with van der Waals surface area (Å²) in [6, 6.07) is 10.9. The monoisotopic (exact) mass is 474 g/mol. The number of aryl methyl sites for hydroxylation is 3. The van der Waals surface area contributed by atoms with Crippen LogP contribution in [-0.2, 0) is 19.2 Å². The molecule has 0 spiro atoms. The molecular weight excluding hydrogens is 444 g/mol. The van der Waals surface area contributed by atoms with Gasteiger partial charge in [0, 0.05) is 18.7 Å². The molecule has 7 heteroatoms. The number of ether oxygens (including phenoxy) is 1. The molecule has 182 valence electrons. The second-order valence-electron chi connectivity index (χ2n) is 10.1. The Hall–Kier alpha value is -3.48. The van der Waals surface area contributed by atoms with Gasteiger partial charge in [0.25, 0.3) is 0 Å². The average Bonchev–Trinajstić information content (AvgIpc) is 3.32. The van der Waals surface area contributed by atoms with Gasteiger partial charge in [-0.05, 0) is 80.6 Å². The van der Waals surface area contributed by atoms with Crippen LogP contribution in [-0.4, -0.2) is 30.2 Å². The van der Waals surface area contributed by atoms with E-state index in [0.717, 1.165) is 42.5 Å². The molecule has 3 amide bonds. The third kappa shape index (κ3) is 4.24. The van der Waals surface area contributed by atoms with E-state index < -0.39 is 11.9 Å². The minimum absolute atomic E-state index is 0.0996. The number of rotatable bonds is 4. The maximum Gasteiger partial charge on any atom is 0.316 e. The van der Waals surface area contributed by atoms with Gasteiger partial charge in [-0.3, -0.25) is 19.2 Å². The summed E-state index contributed by atoms with van der Waals surface area (Å²) >= 11 is 0. The molecule has 2 aromatic rings. The summed E-state index contributed by atoms with van der Waals surface area (Å²) in [5.74, 6) is -1.46. The van der Waals surface area contributed by atoms with Gasteiger partial charge in [0.05, 0.1) is 23.4 Å². The highest BCUT2D eigenvalue weighted by Crippen LogP contribution is 2.41. The van der Waals surface area contributed by atoms with Gasteiger partial charge < -0.3 is 9.64 Å². The molecule has 3 atom stereocenters. The molecule has 0 N–H and O–H groups in total. The Morgan fingerprint density at radius 1 is 0.886 bits per heavy atom. The van der Waals surface area contributed by atoms with E-state index in [4.69, 9.17) is 4.74 Å². The van der Waals surface area contributed by atoms with Crippen LogP contribution in [0.5, 0.6) is 5.75 Å². The highest BCUT2D eigenvalue weighted by molar-refractivity contribution is 6.22. The lowest BCUT2D eigenvalue weighted by molar-refractivity contribution is -0.139. The fraction of sp³-hybridized carbons (Fsp3) is 0.429. The van der Waals surface area contributed by atoms with E-state index >= 15 is 0 Å². The summed E-state index contributed by atoms with van der Waals surface area (Å²) in [4.78, 5) is 54.4. The molecule has 2 aliphatic heterocycles. The summed E-state index contributed by atoms with van der Waals surface area (Å²) in [6.07, 6.45) is 3.58. The van der Waals surface area contributed by atoms with Crippen LogP contribution >= 0.6 is 0 Å². The van der Waals surface area contributed by atoms with Crippen molar-refractivity contribution >= 4 is 35.1 Å². The second-order valence-corrected chi connectivity index (χ2v) is 10.1. The zero-order chi connectivity index (χ0) is 24.9. The molecule has 0 radical (unpaired) electrons. The summed E-state index contributed by atoms with van der Waals surface area (Å²) in [6.45, 7) is 6.03. The van der Waals surface area contributed by atoms with Crippen LogP contribution < -0.4 is 14.5 Å². The van der Waals surface area contributed by atoms with Gasteiger partial charge >= 0.3 is 5.97 Å². The third-order valence-electron chi connectivity index (χ3n) is 7.45. The van der Waals surface area contributed by atoms with Gasteiger partial charge in [-0.25, -0.2) is 4.90 Å². The molecule has 0 unspecified atom stereocenters. The quantitative estimate of drug-likeness (QED) is 0.376. The van der Waals surface area contributed by atoms with Crippen LogP contribution in [0.25, 0.3) is 0 Å². The smallest absolute Gasteiger partial charge is 0.316 e. The van der Waals surface area contributed by atoms with E-state index in [1.807, 2.05) is 32.0 Å². The first-order valence-corrected chi connectivity index (χ1v) is 12.3. The number of nitrogens with zero attached hydrogens (tertiary/aromatic N) is 2. The molecule has 0 bridgehead atoms. The van der Waals surface area contributed by atoms with Gasteiger partial charge in [0.15, 0.2) is 0 Å². The number of amides is 3. The highest BCUT2D eigenvalue weighted by atomic mass is 16.5. The predicted molar refractivity (Wildman–Crippen MR) is 131 cm³/mol. The Balaban J connectivity index is 1.28. The molecular formula is C28H30N2O5. The van der Waals surface area contributed by atoms with Crippen molar-refractivity contribution in [1.29, 1.82) is 0 Å². The lowest BCUT2D eigenvalue weighted by Gasteiger charge is -2.19. The van der Waals surface area contributed by atoms with E-state index in [1.54, 1.807) is 30.0 Å². The van der Waals surface area contributed by atoms with Crippen LogP contribution in [0.2, 0.25) is 0 Å². The first-order valence-electron chi connectivity index (χ1n) is 12.3. The maximum absolute atomic E-state index is 12.9. The molecule has 3 aliphatic rings. The van der Waals surface area contributed by atoms with E-state index in [2.05, 4.69) is 0 Å². The number of fused-ring (bicyclic) bond motifs is 1. The molecule has 2 aromatic carbocycles. The number of carbonyl (C=O) groups excluding carboxylic acids is 4. The molecule has 7 nitrogen and oxygen atoms in total. The van der Waals surface area contributed by atoms with E-state index in [1.165, 1.54) is 4.90 Å². The van der Waals surface area contributed by atoms with Crippen LogP contribution in [0, 0.1) is 38.5 Å². The topological polar surface area (TPSA) is 84.0 Å². The van der Waals surface area contributed by atoms with Crippen molar-refractivity contribution in [3.8, 4) is 5.75 Å². The Morgan fingerprint density at radius 3 is 2.11 bits per heavy atom. The van der Waals surface area contributed by atoms with Crippen molar-refractivity contribution in [2.45, 2.75) is 52.9 Å². The average molecular weight is 475 g/mol. The van der Waals surface area contributed by atoms with Crippen LogP contribution in [0.3, 0.4) is 0 Å². The highest BCUT2D eigenvalue weighted by Gasteiger charge is 2.49. The fourth-order valence-electron chi connectivity index (χ4n) is 5.76. The van der Waals surface area contributed by atoms with Gasteiger partial charge in [0.1, 0.15) is 5.75 Å². The Labute approximate surface area is 205 Å². The summed E-state index contributed by atoms with van der Waals surface area (Å²) in [5.41, 5.74) is 4.15.